The third-order valence-corrected chi connectivity index (χ3v) is 4.97. The quantitative estimate of drug-likeness (QED) is 0.879. The zero-order valence-electron chi connectivity index (χ0n) is 14.7. The summed E-state index contributed by atoms with van der Waals surface area (Å²) in [4.78, 5) is 14.8. The highest BCUT2D eigenvalue weighted by Gasteiger charge is 2.30. The number of methoxy groups -OCH3 is 1. The van der Waals surface area contributed by atoms with Crippen LogP contribution in [0.4, 0.5) is 0 Å². The van der Waals surface area contributed by atoms with Gasteiger partial charge in [-0.2, -0.15) is 0 Å². The summed E-state index contributed by atoms with van der Waals surface area (Å²) in [5.74, 6) is 1.04. The molecule has 1 amide bonds. The van der Waals surface area contributed by atoms with Crippen LogP contribution in [0, 0.1) is 0 Å². The number of likely N-dealkylation sites (tertiary alicyclic amines) is 1. The number of carbonyl (C=O) groups is 1. The van der Waals surface area contributed by atoms with E-state index in [1.54, 1.807) is 7.11 Å². The average Bonchev–Trinajstić information content (AvgIpc) is 3.11. The van der Waals surface area contributed by atoms with E-state index in [9.17, 15) is 4.79 Å². The van der Waals surface area contributed by atoms with Crippen LogP contribution in [0.25, 0.3) is 0 Å². The molecule has 1 aliphatic rings. The van der Waals surface area contributed by atoms with Gasteiger partial charge in [0, 0.05) is 25.0 Å². The number of nitrogens with two attached hydrogens (primary N) is 1. The Morgan fingerprint density at radius 2 is 1.92 bits per heavy atom. The number of ether oxygens (including phenoxy) is 1. The Labute approximate surface area is 149 Å². The summed E-state index contributed by atoms with van der Waals surface area (Å²) in [6.45, 7) is 0.820. The maximum Gasteiger partial charge on any atom is 0.224 e. The Balaban J connectivity index is 1.65. The molecule has 2 aromatic rings. The van der Waals surface area contributed by atoms with E-state index >= 15 is 0 Å². The zero-order chi connectivity index (χ0) is 17.6. The van der Waals surface area contributed by atoms with E-state index in [2.05, 4.69) is 6.07 Å². The summed E-state index contributed by atoms with van der Waals surface area (Å²) in [7, 11) is 1.69. The summed E-state index contributed by atoms with van der Waals surface area (Å²) in [6, 6.07) is 17.9. The van der Waals surface area contributed by atoms with Gasteiger partial charge in [0.25, 0.3) is 0 Å². The molecule has 2 aromatic carbocycles. The van der Waals surface area contributed by atoms with Gasteiger partial charge in [-0.1, -0.05) is 48.5 Å². The van der Waals surface area contributed by atoms with Crippen LogP contribution < -0.4 is 10.5 Å². The van der Waals surface area contributed by atoms with Gasteiger partial charge in [-0.05, 0) is 36.5 Å². The van der Waals surface area contributed by atoms with Crippen LogP contribution in [0.1, 0.15) is 36.4 Å². The van der Waals surface area contributed by atoms with Gasteiger partial charge in [-0.3, -0.25) is 4.79 Å². The summed E-state index contributed by atoms with van der Waals surface area (Å²) in [6.07, 6.45) is 3.26. The highest BCUT2D eigenvalue weighted by molar-refractivity contribution is 5.77. The molecule has 0 aliphatic carbocycles. The van der Waals surface area contributed by atoms with E-state index in [4.69, 9.17) is 10.5 Å². The molecule has 25 heavy (non-hydrogen) atoms. The van der Waals surface area contributed by atoms with Crippen molar-refractivity contribution >= 4 is 5.91 Å². The minimum Gasteiger partial charge on any atom is -0.496 e. The predicted octanol–water partition coefficient (Wildman–Crippen LogP) is 3.32. The van der Waals surface area contributed by atoms with Crippen molar-refractivity contribution in [2.75, 3.05) is 13.7 Å². The van der Waals surface area contributed by atoms with E-state index in [-0.39, 0.29) is 18.0 Å². The first-order chi connectivity index (χ1) is 12.2. The highest BCUT2D eigenvalue weighted by Crippen LogP contribution is 2.27. The van der Waals surface area contributed by atoms with E-state index in [1.165, 1.54) is 0 Å². The number of benzene rings is 2. The van der Waals surface area contributed by atoms with E-state index in [0.717, 1.165) is 42.7 Å². The fourth-order valence-electron chi connectivity index (χ4n) is 3.63. The molecule has 2 atom stereocenters. The number of carbonyl (C=O) groups excluding carboxylic acids is 1. The molecule has 2 unspecified atom stereocenters. The minimum atomic E-state index is -0.249. The van der Waals surface area contributed by atoms with Crippen LogP contribution in [0.2, 0.25) is 0 Å². The molecule has 0 aromatic heterocycles. The van der Waals surface area contributed by atoms with Crippen molar-refractivity contribution in [3.05, 3.63) is 65.7 Å². The summed E-state index contributed by atoms with van der Waals surface area (Å²) in [5.41, 5.74) is 8.40. The smallest absolute Gasteiger partial charge is 0.224 e. The number of para-hydroxylation sites is 1. The van der Waals surface area contributed by atoms with Gasteiger partial charge in [0.15, 0.2) is 0 Å². The largest absolute Gasteiger partial charge is 0.496 e. The van der Waals surface area contributed by atoms with Crippen molar-refractivity contribution in [3.8, 4) is 5.75 Å². The topological polar surface area (TPSA) is 55.6 Å². The molecule has 132 valence electrons. The summed E-state index contributed by atoms with van der Waals surface area (Å²) in [5, 5.41) is 0. The number of rotatable bonds is 6. The zero-order valence-corrected chi connectivity index (χ0v) is 14.7. The minimum absolute atomic E-state index is 0.147. The van der Waals surface area contributed by atoms with Crippen LogP contribution in [-0.4, -0.2) is 30.5 Å². The van der Waals surface area contributed by atoms with E-state index in [0.29, 0.717) is 6.42 Å². The van der Waals surface area contributed by atoms with E-state index < -0.39 is 0 Å². The Morgan fingerprint density at radius 1 is 1.20 bits per heavy atom. The molecule has 1 aliphatic heterocycles. The standard InChI is InChI=1S/C21H26N2O2/c1-25-20-12-6-5-10-17(20)14-18-11-7-13-23(18)21(24)15-19(22)16-8-3-2-4-9-16/h2-6,8-10,12,18-19H,7,11,13-15,22H2,1H3. The summed E-state index contributed by atoms with van der Waals surface area (Å²) >= 11 is 0. The molecule has 1 fully saturated rings. The van der Waals surface area contributed by atoms with Crippen LogP contribution in [-0.2, 0) is 11.2 Å². The molecule has 3 rings (SSSR count). The number of hydrogen-bond donors (Lipinski definition) is 1. The van der Waals surface area contributed by atoms with Crippen LogP contribution in [0.3, 0.4) is 0 Å². The Morgan fingerprint density at radius 3 is 2.68 bits per heavy atom. The maximum atomic E-state index is 12.8. The van der Waals surface area contributed by atoms with Crippen LogP contribution >= 0.6 is 0 Å². The third kappa shape index (κ3) is 4.20. The SMILES string of the molecule is COc1ccccc1CC1CCCN1C(=O)CC(N)c1ccccc1. The highest BCUT2D eigenvalue weighted by atomic mass is 16.5. The molecule has 2 N–H and O–H groups in total. The first-order valence-corrected chi connectivity index (χ1v) is 8.91. The second kappa shape index (κ2) is 8.17. The van der Waals surface area contributed by atoms with Crippen molar-refractivity contribution in [1.82, 2.24) is 4.90 Å². The molecule has 1 saturated heterocycles. The Kier molecular flexibility index (Phi) is 5.71. The second-order valence-corrected chi connectivity index (χ2v) is 6.62. The van der Waals surface area contributed by atoms with Gasteiger partial charge >= 0.3 is 0 Å². The van der Waals surface area contributed by atoms with E-state index in [1.807, 2.05) is 53.4 Å². The van der Waals surface area contributed by atoms with Crippen molar-refractivity contribution in [1.29, 1.82) is 0 Å². The first kappa shape index (κ1) is 17.5. The molecular formula is C21H26N2O2. The lowest BCUT2D eigenvalue weighted by Crippen LogP contribution is -2.38. The van der Waals surface area contributed by atoms with Gasteiger partial charge in [0.1, 0.15) is 5.75 Å². The molecule has 0 spiro atoms. The number of nitrogens with zero attached hydrogens (tertiary/aromatic N) is 1. The normalized spacial score (nSPS) is 18.2. The monoisotopic (exact) mass is 338 g/mol. The maximum absolute atomic E-state index is 12.8. The first-order valence-electron chi connectivity index (χ1n) is 8.91. The molecular weight excluding hydrogens is 312 g/mol. The lowest BCUT2D eigenvalue weighted by Gasteiger charge is -2.26. The van der Waals surface area contributed by atoms with Gasteiger partial charge in [-0.15, -0.1) is 0 Å². The summed E-state index contributed by atoms with van der Waals surface area (Å²) < 4.78 is 5.45. The second-order valence-electron chi connectivity index (χ2n) is 6.62. The molecule has 0 saturated carbocycles. The van der Waals surface area contributed by atoms with Gasteiger partial charge in [-0.25, -0.2) is 0 Å². The molecule has 0 radical (unpaired) electrons. The van der Waals surface area contributed by atoms with Crippen LogP contribution in [0.5, 0.6) is 5.75 Å². The third-order valence-electron chi connectivity index (χ3n) is 4.97. The van der Waals surface area contributed by atoms with Crippen molar-refractivity contribution in [3.63, 3.8) is 0 Å². The Hall–Kier alpha value is -2.33. The molecule has 1 heterocycles. The lowest BCUT2D eigenvalue weighted by molar-refractivity contribution is -0.132. The number of hydrogen-bond acceptors (Lipinski definition) is 3. The van der Waals surface area contributed by atoms with Gasteiger partial charge in [0.2, 0.25) is 5.91 Å². The Bertz CT molecular complexity index is 702. The fraction of sp³-hybridized carbons (Fsp3) is 0.381. The molecule has 4 heteroatoms. The molecule has 4 nitrogen and oxygen atoms in total. The average molecular weight is 338 g/mol. The van der Waals surface area contributed by atoms with Gasteiger partial charge < -0.3 is 15.4 Å². The van der Waals surface area contributed by atoms with Crippen molar-refractivity contribution in [2.45, 2.75) is 37.8 Å². The van der Waals surface area contributed by atoms with Crippen molar-refractivity contribution < 1.29 is 9.53 Å². The fourth-order valence-corrected chi connectivity index (χ4v) is 3.63. The predicted molar refractivity (Wildman–Crippen MR) is 99.4 cm³/mol. The lowest BCUT2D eigenvalue weighted by atomic mass is 10.0. The van der Waals surface area contributed by atoms with Gasteiger partial charge in [0.05, 0.1) is 7.11 Å². The number of amides is 1. The van der Waals surface area contributed by atoms with Crippen molar-refractivity contribution in [2.24, 2.45) is 5.73 Å². The van der Waals surface area contributed by atoms with Crippen LogP contribution in [0.15, 0.2) is 54.6 Å². The molecule has 0 bridgehead atoms.